The largest absolute Gasteiger partial charge is 0.481 e. The Labute approximate surface area is 186 Å². The molecule has 0 aliphatic carbocycles. The van der Waals surface area contributed by atoms with Gasteiger partial charge in [-0.15, -0.1) is 0 Å². The Morgan fingerprint density at radius 3 is 2.38 bits per heavy atom. The molecule has 0 fully saturated rings. The Morgan fingerprint density at radius 2 is 1.69 bits per heavy atom. The first-order valence-electron chi connectivity index (χ1n) is 10.3. The van der Waals surface area contributed by atoms with Crippen LogP contribution in [0.5, 0.6) is 0 Å². The molecule has 1 heterocycles. The lowest BCUT2D eigenvalue weighted by atomic mass is 10.0. The standard InChI is InChI=1S/C25H27N3O4/c1-16-7-10-19(11-8-16)22(14-23(29)30)27-25(32)26-21-5-4-12-28(24(21)31)15-20-13-17(2)6-9-18(20)3/h4-13,22H,14-15H2,1-3H3,(H,29,30)(H2,26,27,32)/t22-/m0/s1. The van der Waals surface area contributed by atoms with Gasteiger partial charge in [-0.1, -0.05) is 53.6 Å². The summed E-state index contributed by atoms with van der Waals surface area (Å²) >= 11 is 0. The van der Waals surface area contributed by atoms with Crippen LogP contribution in [0.1, 0.15) is 40.3 Å². The number of aliphatic carboxylic acids is 1. The third kappa shape index (κ3) is 5.85. The number of carbonyl (C=O) groups is 2. The van der Waals surface area contributed by atoms with Gasteiger partial charge in [0, 0.05) is 6.20 Å². The van der Waals surface area contributed by atoms with E-state index in [1.807, 2.05) is 51.1 Å². The molecule has 0 saturated carbocycles. The summed E-state index contributed by atoms with van der Waals surface area (Å²) in [6, 6.07) is 15.2. The molecule has 0 radical (unpaired) electrons. The lowest BCUT2D eigenvalue weighted by molar-refractivity contribution is -0.137. The molecular weight excluding hydrogens is 406 g/mol. The predicted octanol–water partition coefficient (Wildman–Crippen LogP) is 4.16. The zero-order valence-corrected chi connectivity index (χ0v) is 18.4. The summed E-state index contributed by atoms with van der Waals surface area (Å²) in [4.78, 5) is 36.8. The molecule has 7 nitrogen and oxygen atoms in total. The summed E-state index contributed by atoms with van der Waals surface area (Å²) in [6.07, 6.45) is 1.40. The minimum atomic E-state index is -1.04. The molecule has 3 N–H and O–H groups in total. The Kier molecular flexibility index (Phi) is 7.10. The SMILES string of the molecule is Cc1ccc([C@H](CC(=O)O)NC(=O)Nc2cccn(Cc3cc(C)ccc3C)c2=O)cc1. The first kappa shape index (κ1) is 22.8. The normalized spacial score (nSPS) is 11.6. The van der Waals surface area contributed by atoms with Crippen molar-refractivity contribution in [1.29, 1.82) is 0 Å². The maximum Gasteiger partial charge on any atom is 0.319 e. The summed E-state index contributed by atoms with van der Waals surface area (Å²) < 4.78 is 1.53. The number of pyridine rings is 1. The average molecular weight is 434 g/mol. The van der Waals surface area contributed by atoms with Crippen LogP contribution >= 0.6 is 0 Å². The zero-order chi connectivity index (χ0) is 23.3. The van der Waals surface area contributed by atoms with Crippen molar-refractivity contribution in [2.45, 2.75) is 39.8 Å². The van der Waals surface area contributed by atoms with Gasteiger partial charge in [0.2, 0.25) is 0 Å². The molecule has 0 aliphatic heterocycles. The summed E-state index contributed by atoms with van der Waals surface area (Å²) in [5.74, 6) is -1.04. The van der Waals surface area contributed by atoms with Gasteiger partial charge < -0.3 is 20.3 Å². The van der Waals surface area contributed by atoms with E-state index in [9.17, 15) is 19.5 Å². The zero-order valence-electron chi connectivity index (χ0n) is 18.4. The number of hydrogen-bond acceptors (Lipinski definition) is 3. The highest BCUT2D eigenvalue weighted by molar-refractivity contribution is 5.89. The molecule has 0 spiro atoms. The Bertz CT molecular complexity index is 1180. The molecule has 2 amide bonds. The summed E-state index contributed by atoms with van der Waals surface area (Å²) in [5, 5.41) is 14.5. The first-order valence-corrected chi connectivity index (χ1v) is 10.3. The van der Waals surface area contributed by atoms with Crippen molar-refractivity contribution in [3.05, 3.63) is 99.0 Å². The van der Waals surface area contributed by atoms with Crippen molar-refractivity contribution in [2.75, 3.05) is 5.32 Å². The Morgan fingerprint density at radius 1 is 1.00 bits per heavy atom. The number of aromatic nitrogens is 1. The van der Waals surface area contributed by atoms with Crippen LogP contribution in [-0.2, 0) is 11.3 Å². The lowest BCUT2D eigenvalue weighted by Gasteiger charge is -2.18. The van der Waals surface area contributed by atoms with Gasteiger partial charge >= 0.3 is 12.0 Å². The highest BCUT2D eigenvalue weighted by Crippen LogP contribution is 2.18. The molecule has 0 bridgehead atoms. The minimum absolute atomic E-state index is 0.119. The van der Waals surface area contributed by atoms with Gasteiger partial charge in [-0.2, -0.15) is 0 Å². The number of hydrogen-bond donors (Lipinski definition) is 3. The maximum atomic E-state index is 12.9. The average Bonchev–Trinajstić information content (AvgIpc) is 2.73. The molecule has 32 heavy (non-hydrogen) atoms. The lowest BCUT2D eigenvalue weighted by Crippen LogP contribution is -2.36. The van der Waals surface area contributed by atoms with Gasteiger partial charge in [0.25, 0.3) is 5.56 Å². The molecule has 3 rings (SSSR count). The molecule has 0 saturated heterocycles. The summed E-state index contributed by atoms with van der Waals surface area (Å²) in [5.41, 5.74) is 4.69. The second-order valence-corrected chi connectivity index (χ2v) is 7.94. The van der Waals surface area contributed by atoms with Crippen LogP contribution in [0.15, 0.2) is 65.6 Å². The number of carboxylic acid groups (broad SMARTS) is 1. The number of aryl methyl sites for hydroxylation is 3. The number of benzene rings is 2. The van der Waals surface area contributed by atoms with Crippen LogP contribution in [0.25, 0.3) is 0 Å². The molecule has 7 heteroatoms. The van der Waals surface area contributed by atoms with E-state index < -0.39 is 18.0 Å². The molecule has 0 aliphatic rings. The van der Waals surface area contributed by atoms with E-state index >= 15 is 0 Å². The molecule has 2 aromatic carbocycles. The number of anilines is 1. The van der Waals surface area contributed by atoms with E-state index in [4.69, 9.17) is 0 Å². The molecule has 1 aromatic heterocycles. The van der Waals surface area contributed by atoms with Gasteiger partial charge in [-0.3, -0.25) is 9.59 Å². The molecule has 3 aromatic rings. The number of rotatable bonds is 7. The topological polar surface area (TPSA) is 100 Å². The Balaban J connectivity index is 1.77. The van der Waals surface area contributed by atoms with E-state index in [-0.39, 0.29) is 17.7 Å². The van der Waals surface area contributed by atoms with Crippen LogP contribution in [0, 0.1) is 20.8 Å². The second kappa shape index (κ2) is 9.96. The summed E-state index contributed by atoms with van der Waals surface area (Å²) in [7, 11) is 0. The van der Waals surface area contributed by atoms with Crippen molar-refractivity contribution >= 4 is 17.7 Å². The van der Waals surface area contributed by atoms with Crippen molar-refractivity contribution in [3.8, 4) is 0 Å². The highest BCUT2D eigenvalue weighted by Gasteiger charge is 2.19. The molecular formula is C25H27N3O4. The number of carboxylic acids is 1. The van der Waals surface area contributed by atoms with Crippen molar-refractivity contribution in [2.24, 2.45) is 0 Å². The van der Waals surface area contributed by atoms with E-state index in [2.05, 4.69) is 10.6 Å². The van der Waals surface area contributed by atoms with Gasteiger partial charge in [0.1, 0.15) is 5.69 Å². The third-order valence-electron chi connectivity index (χ3n) is 5.28. The van der Waals surface area contributed by atoms with Gasteiger partial charge in [0.05, 0.1) is 19.0 Å². The van der Waals surface area contributed by atoms with Gasteiger partial charge in [0.15, 0.2) is 0 Å². The minimum Gasteiger partial charge on any atom is -0.481 e. The predicted molar refractivity (Wildman–Crippen MR) is 124 cm³/mol. The molecule has 0 unspecified atom stereocenters. The van der Waals surface area contributed by atoms with E-state index in [1.165, 1.54) is 10.6 Å². The van der Waals surface area contributed by atoms with Crippen LogP contribution in [-0.4, -0.2) is 21.7 Å². The number of carbonyl (C=O) groups excluding carboxylic acids is 1. The Hall–Kier alpha value is -3.87. The van der Waals surface area contributed by atoms with E-state index in [1.54, 1.807) is 24.4 Å². The monoisotopic (exact) mass is 433 g/mol. The third-order valence-corrected chi connectivity index (χ3v) is 5.28. The number of nitrogens with zero attached hydrogens (tertiary/aromatic N) is 1. The maximum absolute atomic E-state index is 12.9. The van der Waals surface area contributed by atoms with E-state index in [0.717, 1.165) is 22.3 Å². The van der Waals surface area contributed by atoms with Crippen molar-refractivity contribution in [3.63, 3.8) is 0 Å². The van der Waals surface area contributed by atoms with Gasteiger partial charge in [-0.25, -0.2) is 4.79 Å². The fraction of sp³-hybridized carbons (Fsp3) is 0.240. The smallest absolute Gasteiger partial charge is 0.319 e. The number of amides is 2. The van der Waals surface area contributed by atoms with Crippen molar-refractivity contribution in [1.82, 2.24) is 9.88 Å². The van der Waals surface area contributed by atoms with Crippen molar-refractivity contribution < 1.29 is 14.7 Å². The number of nitrogens with one attached hydrogen (secondary N) is 2. The van der Waals surface area contributed by atoms with Gasteiger partial charge in [-0.05, 0) is 49.6 Å². The fourth-order valence-corrected chi connectivity index (χ4v) is 3.45. The number of urea groups is 1. The van der Waals surface area contributed by atoms with E-state index in [0.29, 0.717) is 12.1 Å². The highest BCUT2D eigenvalue weighted by atomic mass is 16.4. The van der Waals surface area contributed by atoms with Crippen LogP contribution in [0.4, 0.5) is 10.5 Å². The van der Waals surface area contributed by atoms with Crippen LogP contribution in [0.2, 0.25) is 0 Å². The molecule has 166 valence electrons. The fourth-order valence-electron chi connectivity index (χ4n) is 3.45. The second-order valence-electron chi connectivity index (χ2n) is 7.94. The summed E-state index contributed by atoms with van der Waals surface area (Å²) in [6.45, 7) is 6.29. The first-order chi connectivity index (χ1) is 15.2. The van der Waals surface area contributed by atoms with Crippen LogP contribution < -0.4 is 16.2 Å². The quantitative estimate of drug-likeness (QED) is 0.521. The van der Waals surface area contributed by atoms with Crippen LogP contribution in [0.3, 0.4) is 0 Å². The molecule has 1 atom stereocenters.